The first-order valence-electron chi connectivity index (χ1n) is 4.76. The third-order valence-electron chi connectivity index (χ3n) is 2.32. The van der Waals surface area contributed by atoms with Crippen molar-refractivity contribution in [2.45, 2.75) is 39.2 Å². The van der Waals surface area contributed by atoms with Crippen LogP contribution in [0, 0.1) is 16.7 Å². The fourth-order valence-electron chi connectivity index (χ4n) is 1.58. The highest BCUT2D eigenvalue weighted by Gasteiger charge is 2.48. The second-order valence-corrected chi connectivity index (χ2v) is 4.89. The lowest BCUT2D eigenvalue weighted by atomic mass is 9.94. The average Bonchev–Trinajstić information content (AvgIpc) is 2.38. The van der Waals surface area contributed by atoms with Crippen molar-refractivity contribution >= 4 is 5.91 Å². The molecule has 1 aliphatic heterocycles. The van der Waals surface area contributed by atoms with Gasteiger partial charge < -0.3 is 4.90 Å². The molecule has 1 fully saturated rings. The number of rotatable bonds is 0. The van der Waals surface area contributed by atoms with Gasteiger partial charge in [-0.2, -0.15) is 5.26 Å². The Morgan fingerprint density at radius 3 is 2.47 bits per heavy atom. The molecule has 0 radical (unpaired) electrons. The maximum atomic E-state index is 13.0. The predicted molar refractivity (Wildman–Crippen MR) is 50.1 cm³/mol. The Kier molecular flexibility index (Phi) is 2.73. The molecule has 1 amide bonds. The summed E-state index contributed by atoms with van der Waals surface area (Å²) < 4.78 is 26.1. The van der Waals surface area contributed by atoms with Gasteiger partial charge in [-0.1, -0.05) is 20.8 Å². The van der Waals surface area contributed by atoms with Crippen LogP contribution in [0.5, 0.6) is 0 Å². The number of hydrogen-bond acceptors (Lipinski definition) is 2. The molecule has 0 spiro atoms. The van der Waals surface area contributed by atoms with Crippen molar-refractivity contribution < 1.29 is 13.6 Å². The van der Waals surface area contributed by atoms with E-state index in [0.717, 1.165) is 4.90 Å². The second-order valence-electron chi connectivity index (χ2n) is 4.89. The summed E-state index contributed by atoms with van der Waals surface area (Å²) in [6.07, 6.45) is -0.550. The van der Waals surface area contributed by atoms with E-state index in [1.54, 1.807) is 26.8 Å². The molecule has 84 valence electrons. The first-order valence-corrected chi connectivity index (χ1v) is 4.76. The van der Waals surface area contributed by atoms with Gasteiger partial charge in [-0.3, -0.25) is 4.79 Å². The minimum absolute atomic E-state index is 0.397. The summed E-state index contributed by atoms with van der Waals surface area (Å²) in [7, 11) is 0. The van der Waals surface area contributed by atoms with Gasteiger partial charge in [0.2, 0.25) is 5.91 Å². The lowest BCUT2D eigenvalue weighted by molar-refractivity contribution is -0.140. The molecule has 1 atom stereocenters. The minimum atomic E-state index is -2.93. The molecule has 1 aliphatic rings. The Morgan fingerprint density at radius 1 is 1.53 bits per heavy atom. The summed E-state index contributed by atoms with van der Waals surface area (Å²) in [6.45, 7) is 4.32. The highest BCUT2D eigenvalue weighted by molar-refractivity contribution is 5.82. The standard InChI is InChI=1S/C10H14F2N2O/c1-9(2,3)8(15)14-6-10(11,12)4-7(14)5-13/h7H,4,6H2,1-3H3/t7-/m0/s1. The Bertz CT molecular complexity index is 314. The van der Waals surface area contributed by atoms with Gasteiger partial charge in [0.25, 0.3) is 5.92 Å². The van der Waals surface area contributed by atoms with Gasteiger partial charge >= 0.3 is 0 Å². The van der Waals surface area contributed by atoms with Crippen molar-refractivity contribution in [1.82, 2.24) is 4.90 Å². The number of amides is 1. The van der Waals surface area contributed by atoms with Gasteiger partial charge in [0, 0.05) is 11.8 Å². The lowest BCUT2D eigenvalue weighted by Crippen LogP contribution is -2.42. The molecule has 0 bridgehead atoms. The van der Waals surface area contributed by atoms with E-state index in [1.165, 1.54) is 0 Å². The van der Waals surface area contributed by atoms with E-state index in [9.17, 15) is 13.6 Å². The van der Waals surface area contributed by atoms with Gasteiger partial charge in [-0.15, -0.1) is 0 Å². The molecule has 1 saturated heterocycles. The highest BCUT2D eigenvalue weighted by Crippen LogP contribution is 2.34. The van der Waals surface area contributed by atoms with Gasteiger partial charge in [-0.25, -0.2) is 8.78 Å². The number of likely N-dealkylation sites (tertiary alicyclic amines) is 1. The largest absolute Gasteiger partial charge is 0.320 e. The van der Waals surface area contributed by atoms with Gasteiger partial charge in [0.1, 0.15) is 6.04 Å². The van der Waals surface area contributed by atoms with Crippen molar-refractivity contribution in [3.8, 4) is 6.07 Å². The zero-order valence-corrected chi connectivity index (χ0v) is 9.05. The van der Waals surface area contributed by atoms with E-state index in [1.807, 2.05) is 0 Å². The molecule has 1 rings (SSSR count). The smallest absolute Gasteiger partial charge is 0.268 e. The van der Waals surface area contributed by atoms with Crippen LogP contribution < -0.4 is 0 Å². The van der Waals surface area contributed by atoms with E-state index >= 15 is 0 Å². The topological polar surface area (TPSA) is 44.1 Å². The normalized spacial score (nSPS) is 25.1. The number of nitrogens with zero attached hydrogens (tertiary/aromatic N) is 2. The Hall–Kier alpha value is -1.18. The maximum absolute atomic E-state index is 13.0. The molecule has 0 saturated carbocycles. The number of hydrogen-bond donors (Lipinski definition) is 0. The van der Waals surface area contributed by atoms with E-state index in [-0.39, 0.29) is 0 Å². The summed E-state index contributed by atoms with van der Waals surface area (Å²) in [6, 6.07) is 0.754. The summed E-state index contributed by atoms with van der Waals surface area (Å²) in [5.41, 5.74) is -0.727. The van der Waals surface area contributed by atoms with Crippen molar-refractivity contribution in [2.75, 3.05) is 6.54 Å². The zero-order valence-electron chi connectivity index (χ0n) is 9.05. The molecule has 0 aromatic rings. The van der Waals surface area contributed by atoms with E-state index in [4.69, 9.17) is 5.26 Å². The molecular weight excluding hydrogens is 202 g/mol. The van der Waals surface area contributed by atoms with Crippen LogP contribution in [0.25, 0.3) is 0 Å². The zero-order chi connectivity index (χ0) is 11.9. The SMILES string of the molecule is CC(C)(C)C(=O)N1CC(F)(F)C[C@H]1C#N. The van der Waals surface area contributed by atoms with Crippen LogP contribution in [-0.4, -0.2) is 29.3 Å². The number of nitriles is 1. The predicted octanol–water partition coefficient (Wildman–Crippen LogP) is 1.79. The summed E-state index contributed by atoms with van der Waals surface area (Å²) >= 11 is 0. The van der Waals surface area contributed by atoms with Crippen molar-refractivity contribution in [2.24, 2.45) is 5.41 Å². The Balaban J connectivity index is 2.88. The van der Waals surface area contributed by atoms with Crippen LogP contribution >= 0.6 is 0 Å². The van der Waals surface area contributed by atoms with Crippen LogP contribution in [0.1, 0.15) is 27.2 Å². The van der Waals surface area contributed by atoms with Gasteiger partial charge in [-0.05, 0) is 0 Å². The first-order chi connectivity index (χ1) is 6.67. The fraction of sp³-hybridized carbons (Fsp3) is 0.800. The number of carbonyl (C=O) groups is 1. The van der Waals surface area contributed by atoms with Crippen LogP contribution in [0.2, 0.25) is 0 Å². The monoisotopic (exact) mass is 216 g/mol. The molecule has 0 aliphatic carbocycles. The minimum Gasteiger partial charge on any atom is -0.320 e. The Labute approximate surface area is 87.7 Å². The molecule has 0 aromatic carbocycles. The molecule has 5 heteroatoms. The molecular formula is C10H14F2N2O. The third kappa shape index (κ3) is 2.44. The van der Waals surface area contributed by atoms with E-state index in [2.05, 4.69) is 0 Å². The van der Waals surface area contributed by atoms with Gasteiger partial charge in [0.05, 0.1) is 12.6 Å². The van der Waals surface area contributed by atoms with Gasteiger partial charge in [0.15, 0.2) is 0 Å². The molecule has 0 N–H and O–H groups in total. The highest BCUT2D eigenvalue weighted by atomic mass is 19.3. The number of alkyl halides is 2. The average molecular weight is 216 g/mol. The first kappa shape index (κ1) is 11.9. The van der Waals surface area contributed by atoms with Crippen molar-refractivity contribution in [3.63, 3.8) is 0 Å². The van der Waals surface area contributed by atoms with E-state index < -0.39 is 36.3 Å². The van der Waals surface area contributed by atoms with Crippen LogP contribution in [0.15, 0.2) is 0 Å². The lowest BCUT2D eigenvalue weighted by Gasteiger charge is -2.27. The number of halogens is 2. The van der Waals surface area contributed by atoms with Crippen molar-refractivity contribution in [3.05, 3.63) is 0 Å². The summed E-state index contributed by atoms with van der Waals surface area (Å²) in [5.74, 6) is -3.33. The maximum Gasteiger partial charge on any atom is 0.268 e. The second kappa shape index (κ2) is 3.44. The molecule has 1 heterocycles. The van der Waals surface area contributed by atoms with Crippen LogP contribution in [-0.2, 0) is 4.79 Å². The summed E-state index contributed by atoms with van der Waals surface area (Å²) in [5, 5.41) is 8.71. The Morgan fingerprint density at radius 2 is 2.07 bits per heavy atom. The van der Waals surface area contributed by atoms with E-state index in [0.29, 0.717) is 0 Å². The molecule has 3 nitrogen and oxygen atoms in total. The number of carbonyl (C=O) groups excluding carboxylic acids is 1. The molecule has 0 aromatic heterocycles. The fourth-order valence-corrected chi connectivity index (χ4v) is 1.58. The summed E-state index contributed by atoms with van der Waals surface area (Å²) in [4.78, 5) is 12.8. The third-order valence-corrected chi connectivity index (χ3v) is 2.32. The quantitative estimate of drug-likeness (QED) is 0.619. The molecule has 15 heavy (non-hydrogen) atoms. The van der Waals surface area contributed by atoms with Crippen LogP contribution in [0.3, 0.4) is 0 Å². The molecule has 0 unspecified atom stereocenters. The van der Waals surface area contributed by atoms with Crippen LogP contribution in [0.4, 0.5) is 8.78 Å². The van der Waals surface area contributed by atoms with Crippen molar-refractivity contribution in [1.29, 1.82) is 5.26 Å².